The largest absolute Gasteiger partial charge is 0.480 e. The molecule has 6 heteroatoms. The number of aliphatic carboxylic acids is 1. The number of ether oxygens (including phenoxy) is 1. The molecule has 0 heterocycles. The van der Waals surface area contributed by atoms with Crippen molar-refractivity contribution in [1.29, 1.82) is 0 Å². The van der Waals surface area contributed by atoms with Crippen LogP contribution in [-0.4, -0.2) is 37.9 Å². The van der Waals surface area contributed by atoms with Gasteiger partial charge in [0.25, 0.3) is 0 Å². The Labute approximate surface area is 230 Å². The number of benzene rings is 4. The fraction of sp³-hybridized carbons (Fsp3) is 0.212. The number of carbonyl (C=O) groups is 2. The molecule has 4 aromatic carbocycles. The Hall–Kier alpha value is -4.16. The molecule has 5 rings (SSSR count). The van der Waals surface area contributed by atoms with E-state index in [0.29, 0.717) is 0 Å². The minimum atomic E-state index is -1.35. The Morgan fingerprint density at radius 2 is 1.31 bits per heavy atom. The molecule has 0 radical (unpaired) electrons. The highest BCUT2D eigenvalue weighted by Crippen LogP contribution is 2.44. The highest BCUT2D eigenvalue weighted by atomic mass is 28.3. The van der Waals surface area contributed by atoms with Crippen molar-refractivity contribution in [2.45, 2.75) is 38.0 Å². The van der Waals surface area contributed by atoms with Crippen LogP contribution in [0.3, 0.4) is 0 Å². The number of hydrogen-bond acceptors (Lipinski definition) is 3. The summed E-state index contributed by atoms with van der Waals surface area (Å²) in [5.74, 6) is -1.19. The third-order valence-corrected chi connectivity index (χ3v) is 9.48. The summed E-state index contributed by atoms with van der Waals surface area (Å²) in [5, 5.41) is 13.7. The molecule has 0 fully saturated rings. The van der Waals surface area contributed by atoms with Gasteiger partial charge in [0.2, 0.25) is 0 Å². The van der Waals surface area contributed by atoms with Crippen LogP contribution in [0.4, 0.5) is 4.79 Å². The third kappa shape index (κ3) is 5.81. The van der Waals surface area contributed by atoms with Crippen molar-refractivity contribution in [2.24, 2.45) is 0 Å². The average Bonchev–Trinajstić information content (AvgIpc) is 3.25. The Bertz CT molecular complexity index is 1440. The van der Waals surface area contributed by atoms with Crippen molar-refractivity contribution in [2.75, 3.05) is 6.61 Å². The molecule has 0 bridgehead atoms. The fourth-order valence-electron chi connectivity index (χ4n) is 5.21. The summed E-state index contributed by atoms with van der Waals surface area (Å²) in [4.78, 5) is 24.6. The van der Waals surface area contributed by atoms with Crippen LogP contribution in [0.1, 0.15) is 22.6 Å². The zero-order valence-corrected chi connectivity index (χ0v) is 23.5. The first kappa shape index (κ1) is 26.4. The summed E-state index contributed by atoms with van der Waals surface area (Å²) in [5.41, 5.74) is 7.51. The number of rotatable bonds is 8. The van der Waals surface area contributed by atoms with Crippen LogP contribution in [0.15, 0.2) is 97.1 Å². The highest BCUT2D eigenvalue weighted by Gasteiger charge is 2.30. The van der Waals surface area contributed by atoms with E-state index in [1.807, 2.05) is 60.7 Å². The molecule has 5 nitrogen and oxygen atoms in total. The Balaban J connectivity index is 1.21. The van der Waals surface area contributed by atoms with Crippen molar-refractivity contribution in [3.8, 4) is 22.3 Å². The Morgan fingerprint density at radius 1 is 0.795 bits per heavy atom. The predicted octanol–water partition coefficient (Wildman–Crippen LogP) is 6.43. The molecule has 1 aliphatic rings. The monoisotopic (exact) mass is 535 g/mol. The van der Waals surface area contributed by atoms with E-state index < -0.39 is 26.2 Å². The molecule has 0 aliphatic heterocycles. The third-order valence-electron chi connectivity index (χ3n) is 7.41. The van der Waals surface area contributed by atoms with Crippen LogP contribution < -0.4 is 10.5 Å². The Kier molecular flexibility index (Phi) is 7.40. The quantitative estimate of drug-likeness (QED) is 0.255. The second kappa shape index (κ2) is 10.9. The lowest BCUT2D eigenvalue weighted by atomic mass is 9.98. The number of amides is 1. The molecule has 4 aromatic rings. The van der Waals surface area contributed by atoms with E-state index in [9.17, 15) is 14.7 Å². The van der Waals surface area contributed by atoms with Crippen LogP contribution in [0.25, 0.3) is 22.3 Å². The first-order valence-electron chi connectivity index (χ1n) is 13.2. The molecule has 2 N–H and O–H groups in total. The summed E-state index contributed by atoms with van der Waals surface area (Å²) in [6.07, 6.45) is -0.572. The van der Waals surface area contributed by atoms with Gasteiger partial charge in [0.05, 0.1) is 8.07 Å². The first-order valence-corrected chi connectivity index (χ1v) is 16.7. The second-order valence-corrected chi connectivity index (χ2v) is 16.2. The van der Waals surface area contributed by atoms with Gasteiger partial charge in [0, 0.05) is 12.3 Å². The van der Waals surface area contributed by atoms with Gasteiger partial charge in [0.15, 0.2) is 0 Å². The molecule has 198 valence electrons. The maximum atomic E-state index is 12.7. The van der Waals surface area contributed by atoms with Crippen molar-refractivity contribution in [3.63, 3.8) is 0 Å². The molecule has 0 spiro atoms. The van der Waals surface area contributed by atoms with Gasteiger partial charge in [-0.25, -0.2) is 9.59 Å². The average molecular weight is 536 g/mol. The fourth-order valence-corrected chi connectivity index (χ4v) is 6.38. The van der Waals surface area contributed by atoms with Crippen molar-refractivity contribution >= 4 is 25.3 Å². The SMILES string of the molecule is C[Si](C)(C)c1ccc(-c2ccc(CC(NC(=O)OCC3c4ccccc4-c4ccccc43)C(=O)O)cc2)cc1. The maximum Gasteiger partial charge on any atom is 0.407 e. The van der Waals surface area contributed by atoms with Gasteiger partial charge in [-0.1, -0.05) is 122 Å². The van der Waals surface area contributed by atoms with E-state index in [-0.39, 0.29) is 18.9 Å². The molecule has 1 atom stereocenters. The normalized spacial score (nSPS) is 13.3. The lowest BCUT2D eigenvalue weighted by molar-refractivity contribution is -0.139. The van der Waals surface area contributed by atoms with E-state index in [1.54, 1.807) is 0 Å². The second-order valence-electron chi connectivity index (χ2n) is 11.1. The topological polar surface area (TPSA) is 75.6 Å². The summed E-state index contributed by atoms with van der Waals surface area (Å²) in [7, 11) is -1.35. The van der Waals surface area contributed by atoms with E-state index in [4.69, 9.17) is 4.74 Å². The zero-order chi connectivity index (χ0) is 27.6. The van der Waals surface area contributed by atoms with Gasteiger partial charge in [-0.15, -0.1) is 0 Å². The summed E-state index contributed by atoms with van der Waals surface area (Å²) < 4.78 is 5.56. The van der Waals surface area contributed by atoms with Gasteiger partial charge >= 0.3 is 12.1 Å². The van der Waals surface area contributed by atoms with Crippen LogP contribution in [0.2, 0.25) is 19.6 Å². The molecule has 1 aliphatic carbocycles. The van der Waals surface area contributed by atoms with Crippen molar-refractivity contribution in [1.82, 2.24) is 5.32 Å². The summed E-state index contributed by atoms with van der Waals surface area (Å²) in [6, 6.07) is 31.6. The lowest BCUT2D eigenvalue weighted by Gasteiger charge is -2.18. The molecule has 1 unspecified atom stereocenters. The van der Waals surface area contributed by atoms with E-state index in [1.165, 1.54) is 5.19 Å². The molecule has 0 saturated heterocycles. The van der Waals surface area contributed by atoms with Crippen LogP contribution in [0.5, 0.6) is 0 Å². The Morgan fingerprint density at radius 3 is 1.82 bits per heavy atom. The van der Waals surface area contributed by atoms with Crippen LogP contribution >= 0.6 is 0 Å². The van der Waals surface area contributed by atoms with Crippen LogP contribution in [-0.2, 0) is 16.0 Å². The number of nitrogens with one attached hydrogen (secondary N) is 1. The predicted molar refractivity (Wildman–Crippen MR) is 158 cm³/mol. The number of fused-ring (bicyclic) bond motifs is 3. The minimum absolute atomic E-state index is 0.0845. The number of carboxylic acids is 1. The van der Waals surface area contributed by atoms with Gasteiger partial charge in [0.1, 0.15) is 12.6 Å². The summed E-state index contributed by atoms with van der Waals surface area (Å²) in [6.45, 7) is 7.11. The van der Waals surface area contributed by atoms with Crippen molar-refractivity contribution < 1.29 is 19.4 Å². The van der Waals surface area contributed by atoms with E-state index in [0.717, 1.165) is 38.9 Å². The molecule has 0 aromatic heterocycles. The van der Waals surface area contributed by atoms with Gasteiger partial charge < -0.3 is 15.2 Å². The number of alkyl carbamates (subject to hydrolysis) is 1. The van der Waals surface area contributed by atoms with Gasteiger partial charge in [-0.3, -0.25) is 0 Å². The molecule has 39 heavy (non-hydrogen) atoms. The molecule has 0 saturated carbocycles. The lowest BCUT2D eigenvalue weighted by Crippen LogP contribution is -2.42. The summed E-state index contributed by atoms with van der Waals surface area (Å²) >= 11 is 0. The zero-order valence-electron chi connectivity index (χ0n) is 22.5. The van der Waals surface area contributed by atoms with E-state index in [2.05, 4.69) is 61.4 Å². The number of carbonyl (C=O) groups excluding carboxylic acids is 1. The van der Waals surface area contributed by atoms with Crippen molar-refractivity contribution in [3.05, 3.63) is 114 Å². The number of carboxylic acid groups (broad SMARTS) is 1. The van der Waals surface area contributed by atoms with Gasteiger partial charge in [-0.2, -0.15) is 0 Å². The van der Waals surface area contributed by atoms with E-state index >= 15 is 0 Å². The highest BCUT2D eigenvalue weighted by molar-refractivity contribution is 6.88. The molecular weight excluding hydrogens is 502 g/mol. The molecule has 1 amide bonds. The molecular formula is C33H33NO4Si. The smallest absolute Gasteiger partial charge is 0.407 e. The van der Waals surface area contributed by atoms with Gasteiger partial charge in [-0.05, 0) is 38.9 Å². The van der Waals surface area contributed by atoms with Crippen LogP contribution in [0, 0.1) is 0 Å². The maximum absolute atomic E-state index is 12.7. The standard InChI is InChI=1S/C33H33NO4Si/c1-39(2,3)25-18-16-24(17-19-25)23-14-12-22(13-15-23)20-31(32(35)36)34-33(37)38-21-30-28-10-6-4-8-26(28)27-9-5-7-11-29(27)30/h4-19,30-31H,20-21H2,1-3H3,(H,34,37)(H,35,36). The minimum Gasteiger partial charge on any atom is -0.480 e. The first-order chi connectivity index (χ1) is 18.7. The number of hydrogen-bond donors (Lipinski definition) is 2.